The van der Waals surface area contributed by atoms with E-state index in [0.29, 0.717) is 24.7 Å². The predicted molar refractivity (Wildman–Crippen MR) is 138 cm³/mol. The van der Waals surface area contributed by atoms with Gasteiger partial charge in [-0.05, 0) is 68.8 Å². The molecule has 4 aromatic rings. The normalized spacial score (nSPS) is 13.8. The number of rotatable bonds is 11. The van der Waals surface area contributed by atoms with Crippen molar-refractivity contribution in [1.29, 1.82) is 0 Å². The van der Waals surface area contributed by atoms with Crippen LogP contribution in [0.15, 0.2) is 54.9 Å². The van der Waals surface area contributed by atoms with Crippen LogP contribution in [0.5, 0.6) is 5.75 Å². The maximum absolute atomic E-state index is 12.0. The number of anilines is 2. The number of pyridine rings is 1. The minimum absolute atomic E-state index is 0.0556. The SMILES string of the molecule is CCCNC(=O)Cn1cc(-c2cccc3nc(Nc4ccc(OCCN5CCCC5)cc4)nn23)cn1. The van der Waals surface area contributed by atoms with E-state index in [2.05, 4.69) is 30.7 Å². The molecule has 10 heteroatoms. The molecule has 0 saturated carbocycles. The molecule has 1 aliphatic heterocycles. The molecule has 10 nitrogen and oxygen atoms in total. The lowest BCUT2D eigenvalue weighted by Crippen LogP contribution is -2.28. The quantitative estimate of drug-likeness (QED) is 0.334. The second-order valence-corrected chi connectivity index (χ2v) is 8.94. The van der Waals surface area contributed by atoms with E-state index in [0.717, 1.165) is 35.7 Å². The summed E-state index contributed by atoms with van der Waals surface area (Å²) < 4.78 is 9.30. The third kappa shape index (κ3) is 5.83. The summed E-state index contributed by atoms with van der Waals surface area (Å²) in [6.07, 6.45) is 7.06. The highest BCUT2D eigenvalue weighted by atomic mass is 16.5. The standard InChI is InChI=1S/C26H32N8O2/c1-2-12-27-25(35)19-33-18-20(17-28-33)23-6-5-7-24-30-26(31-34(23)24)29-21-8-10-22(11-9-21)36-16-15-32-13-3-4-14-32/h5-11,17-18H,2-4,12-16,19H2,1H3,(H,27,35)(H,29,31). The third-order valence-electron chi connectivity index (χ3n) is 6.15. The smallest absolute Gasteiger partial charge is 0.247 e. The first-order chi connectivity index (χ1) is 17.7. The van der Waals surface area contributed by atoms with Crippen LogP contribution in [0.3, 0.4) is 0 Å². The molecule has 1 saturated heterocycles. The van der Waals surface area contributed by atoms with Crippen molar-refractivity contribution in [2.24, 2.45) is 0 Å². The number of fused-ring (bicyclic) bond motifs is 1. The van der Waals surface area contributed by atoms with Crippen molar-refractivity contribution < 1.29 is 9.53 Å². The molecular weight excluding hydrogens is 456 g/mol. The van der Waals surface area contributed by atoms with Gasteiger partial charge in [-0.15, -0.1) is 5.10 Å². The summed E-state index contributed by atoms with van der Waals surface area (Å²) in [6.45, 7) is 6.89. The Morgan fingerprint density at radius 1 is 1.11 bits per heavy atom. The summed E-state index contributed by atoms with van der Waals surface area (Å²) in [6, 6.07) is 13.6. The summed E-state index contributed by atoms with van der Waals surface area (Å²) in [5.74, 6) is 1.29. The van der Waals surface area contributed by atoms with Gasteiger partial charge in [0, 0.05) is 30.5 Å². The number of nitrogens with zero attached hydrogens (tertiary/aromatic N) is 6. The Bertz CT molecular complexity index is 1290. The number of hydrogen-bond donors (Lipinski definition) is 2. The molecule has 3 aromatic heterocycles. The van der Waals surface area contributed by atoms with Crippen molar-refractivity contribution in [3.8, 4) is 17.0 Å². The van der Waals surface area contributed by atoms with E-state index >= 15 is 0 Å². The number of carbonyl (C=O) groups is 1. The summed E-state index contributed by atoms with van der Waals surface area (Å²) in [5.41, 5.74) is 3.29. The third-order valence-corrected chi connectivity index (χ3v) is 6.15. The van der Waals surface area contributed by atoms with Gasteiger partial charge in [0.2, 0.25) is 11.9 Å². The van der Waals surface area contributed by atoms with Gasteiger partial charge >= 0.3 is 0 Å². The average Bonchev–Trinajstić information content (AvgIpc) is 3.65. The molecule has 1 fully saturated rings. The number of nitrogens with one attached hydrogen (secondary N) is 2. The van der Waals surface area contributed by atoms with Crippen LogP contribution < -0.4 is 15.4 Å². The topological polar surface area (TPSA) is 102 Å². The Kier molecular flexibility index (Phi) is 7.41. The number of hydrogen-bond acceptors (Lipinski definition) is 7. The van der Waals surface area contributed by atoms with Gasteiger partial charge in [0.1, 0.15) is 18.9 Å². The second-order valence-electron chi connectivity index (χ2n) is 8.94. The highest BCUT2D eigenvalue weighted by molar-refractivity contribution is 5.75. The van der Waals surface area contributed by atoms with E-state index in [9.17, 15) is 4.79 Å². The zero-order valence-corrected chi connectivity index (χ0v) is 20.6. The van der Waals surface area contributed by atoms with Crippen LogP contribution in [0.25, 0.3) is 16.9 Å². The Balaban J connectivity index is 1.23. The van der Waals surface area contributed by atoms with Crippen LogP contribution in [-0.2, 0) is 11.3 Å². The molecular formula is C26H32N8O2. The Morgan fingerprint density at radius 2 is 1.94 bits per heavy atom. The van der Waals surface area contributed by atoms with Gasteiger partial charge in [-0.2, -0.15) is 10.1 Å². The molecule has 0 bridgehead atoms. The summed E-state index contributed by atoms with van der Waals surface area (Å²) >= 11 is 0. The number of aromatic nitrogens is 5. The largest absolute Gasteiger partial charge is 0.492 e. The Labute approximate surface area is 210 Å². The lowest BCUT2D eigenvalue weighted by molar-refractivity contribution is -0.121. The monoisotopic (exact) mass is 488 g/mol. The summed E-state index contributed by atoms with van der Waals surface area (Å²) in [7, 11) is 0. The van der Waals surface area contributed by atoms with Crippen LogP contribution in [0.4, 0.5) is 11.6 Å². The van der Waals surface area contributed by atoms with Crippen LogP contribution >= 0.6 is 0 Å². The van der Waals surface area contributed by atoms with Gasteiger partial charge in [-0.1, -0.05) is 13.0 Å². The van der Waals surface area contributed by atoms with E-state index in [4.69, 9.17) is 4.74 Å². The molecule has 5 rings (SSSR count). The van der Waals surface area contributed by atoms with Crippen molar-refractivity contribution in [2.45, 2.75) is 32.7 Å². The first kappa shape index (κ1) is 23.8. The highest BCUT2D eigenvalue weighted by Crippen LogP contribution is 2.23. The van der Waals surface area contributed by atoms with E-state index in [-0.39, 0.29) is 12.5 Å². The molecule has 1 aromatic carbocycles. The van der Waals surface area contributed by atoms with Crippen molar-refractivity contribution >= 4 is 23.2 Å². The summed E-state index contributed by atoms with van der Waals surface area (Å²) in [4.78, 5) is 19.1. The molecule has 1 amide bonds. The van der Waals surface area contributed by atoms with Crippen molar-refractivity contribution in [2.75, 3.05) is 38.1 Å². The number of likely N-dealkylation sites (tertiary alicyclic amines) is 1. The molecule has 0 atom stereocenters. The zero-order chi connectivity index (χ0) is 24.7. The number of ether oxygens (including phenoxy) is 1. The van der Waals surface area contributed by atoms with Crippen LogP contribution in [0.2, 0.25) is 0 Å². The molecule has 0 radical (unpaired) electrons. The minimum Gasteiger partial charge on any atom is -0.492 e. The van der Waals surface area contributed by atoms with Crippen molar-refractivity contribution in [3.05, 3.63) is 54.9 Å². The molecule has 0 spiro atoms. The van der Waals surface area contributed by atoms with E-state index in [1.165, 1.54) is 25.9 Å². The first-order valence-electron chi connectivity index (χ1n) is 12.6. The van der Waals surface area contributed by atoms with Crippen molar-refractivity contribution in [3.63, 3.8) is 0 Å². The van der Waals surface area contributed by atoms with Gasteiger partial charge in [0.05, 0.1) is 11.9 Å². The Hall–Kier alpha value is -3.92. The molecule has 1 aliphatic rings. The van der Waals surface area contributed by atoms with Gasteiger partial charge in [0.15, 0.2) is 5.65 Å². The molecule has 4 heterocycles. The fraction of sp³-hybridized carbons (Fsp3) is 0.385. The summed E-state index contributed by atoms with van der Waals surface area (Å²) in [5, 5.41) is 15.1. The van der Waals surface area contributed by atoms with Crippen LogP contribution in [0.1, 0.15) is 26.2 Å². The van der Waals surface area contributed by atoms with E-state index < -0.39 is 0 Å². The van der Waals surface area contributed by atoms with Crippen LogP contribution in [0, 0.1) is 0 Å². The van der Waals surface area contributed by atoms with E-state index in [1.807, 2.05) is 55.6 Å². The maximum Gasteiger partial charge on any atom is 0.247 e. The lowest BCUT2D eigenvalue weighted by Gasteiger charge is -2.15. The molecule has 188 valence electrons. The second kappa shape index (κ2) is 11.2. The number of amides is 1. The van der Waals surface area contributed by atoms with Gasteiger partial charge in [-0.25, -0.2) is 4.52 Å². The van der Waals surface area contributed by atoms with E-state index in [1.54, 1.807) is 15.4 Å². The molecule has 0 unspecified atom stereocenters. The lowest BCUT2D eigenvalue weighted by atomic mass is 10.2. The first-order valence-corrected chi connectivity index (χ1v) is 12.6. The molecule has 2 N–H and O–H groups in total. The number of benzene rings is 1. The molecule has 36 heavy (non-hydrogen) atoms. The minimum atomic E-state index is -0.0556. The predicted octanol–water partition coefficient (Wildman–Crippen LogP) is 3.34. The number of carbonyl (C=O) groups excluding carboxylic acids is 1. The zero-order valence-electron chi connectivity index (χ0n) is 20.6. The van der Waals surface area contributed by atoms with Gasteiger partial charge in [-0.3, -0.25) is 14.4 Å². The highest BCUT2D eigenvalue weighted by Gasteiger charge is 2.13. The fourth-order valence-electron chi connectivity index (χ4n) is 4.29. The van der Waals surface area contributed by atoms with Gasteiger partial charge in [0.25, 0.3) is 0 Å². The maximum atomic E-state index is 12.0. The Morgan fingerprint density at radius 3 is 2.75 bits per heavy atom. The van der Waals surface area contributed by atoms with Crippen LogP contribution in [-0.4, -0.2) is 68.0 Å². The fourth-order valence-corrected chi connectivity index (χ4v) is 4.29. The van der Waals surface area contributed by atoms with Crippen molar-refractivity contribution in [1.82, 2.24) is 34.6 Å². The average molecular weight is 489 g/mol. The van der Waals surface area contributed by atoms with Gasteiger partial charge < -0.3 is 15.4 Å². The molecule has 0 aliphatic carbocycles.